The summed E-state index contributed by atoms with van der Waals surface area (Å²) >= 11 is 10.9. The van der Waals surface area contributed by atoms with Crippen molar-refractivity contribution in [3.63, 3.8) is 0 Å². The van der Waals surface area contributed by atoms with Gasteiger partial charge in [-0.3, -0.25) is 4.72 Å². The third kappa shape index (κ3) is 5.38. The molecule has 9 heteroatoms. The van der Waals surface area contributed by atoms with E-state index in [9.17, 15) is 21.6 Å². The lowest BCUT2D eigenvalue weighted by Crippen LogP contribution is -2.19. The third-order valence-electron chi connectivity index (χ3n) is 2.35. The molecule has 3 nitrogen and oxygen atoms in total. The van der Waals surface area contributed by atoms with E-state index < -0.39 is 27.5 Å². The van der Waals surface area contributed by atoms with Crippen LogP contribution in [0, 0.1) is 0 Å². The highest BCUT2D eigenvalue weighted by molar-refractivity contribution is 7.92. The fraction of sp³-hybridized carbons (Fsp3) is 0.455. The van der Waals surface area contributed by atoms with Crippen LogP contribution in [0.15, 0.2) is 18.2 Å². The Morgan fingerprint density at radius 2 is 1.85 bits per heavy atom. The van der Waals surface area contributed by atoms with E-state index in [0.717, 1.165) is 6.07 Å². The van der Waals surface area contributed by atoms with E-state index in [1.54, 1.807) is 0 Å². The highest BCUT2D eigenvalue weighted by Gasteiger charge is 2.34. The summed E-state index contributed by atoms with van der Waals surface area (Å²) in [6, 6.07) is 2.86. The molecule has 0 spiro atoms. The van der Waals surface area contributed by atoms with Gasteiger partial charge in [0.05, 0.1) is 17.0 Å². The number of alkyl halides is 4. The Morgan fingerprint density at radius 3 is 2.40 bits per heavy atom. The monoisotopic (exact) mass is 349 g/mol. The smallest absolute Gasteiger partial charge is 0.283 e. The SMILES string of the molecule is O=S(=O)(CCCCCl)Nc1ccc(Cl)cc1C(F)(F)F. The van der Waals surface area contributed by atoms with Crippen LogP contribution in [-0.4, -0.2) is 20.1 Å². The van der Waals surface area contributed by atoms with Crippen molar-refractivity contribution in [1.29, 1.82) is 0 Å². The Kier molecular flexibility index (Phi) is 5.97. The Morgan fingerprint density at radius 1 is 1.20 bits per heavy atom. The molecule has 0 saturated heterocycles. The average Bonchev–Trinajstić information content (AvgIpc) is 2.30. The second kappa shape index (κ2) is 6.87. The van der Waals surface area contributed by atoms with Gasteiger partial charge in [0.1, 0.15) is 0 Å². The van der Waals surface area contributed by atoms with Gasteiger partial charge in [0, 0.05) is 10.9 Å². The molecule has 1 aromatic carbocycles. The van der Waals surface area contributed by atoms with E-state index in [0.29, 0.717) is 18.4 Å². The summed E-state index contributed by atoms with van der Waals surface area (Å²) in [5, 5.41) is -0.123. The molecule has 0 aliphatic heterocycles. The summed E-state index contributed by atoms with van der Waals surface area (Å²) in [6.07, 6.45) is -3.96. The molecule has 0 aliphatic carbocycles. The number of halogens is 5. The Labute approximate surface area is 125 Å². The van der Waals surface area contributed by atoms with E-state index in [4.69, 9.17) is 23.2 Å². The molecule has 0 saturated carbocycles. The molecule has 114 valence electrons. The summed E-state index contributed by atoms with van der Waals surface area (Å²) < 4.78 is 63.7. The minimum absolute atomic E-state index is 0.123. The van der Waals surface area contributed by atoms with Crippen LogP contribution in [0.3, 0.4) is 0 Å². The molecule has 1 N–H and O–H groups in total. The van der Waals surface area contributed by atoms with Crippen molar-refractivity contribution < 1.29 is 21.6 Å². The van der Waals surface area contributed by atoms with Crippen LogP contribution in [0.5, 0.6) is 0 Å². The summed E-state index contributed by atoms with van der Waals surface area (Å²) in [7, 11) is -3.85. The molecule has 0 aromatic heterocycles. The van der Waals surface area contributed by atoms with Gasteiger partial charge in [0.15, 0.2) is 0 Å². The number of nitrogens with one attached hydrogen (secondary N) is 1. The number of hydrogen-bond acceptors (Lipinski definition) is 2. The zero-order valence-corrected chi connectivity index (χ0v) is 12.5. The first-order chi connectivity index (χ1) is 9.15. The van der Waals surface area contributed by atoms with Crippen LogP contribution in [0.4, 0.5) is 18.9 Å². The van der Waals surface area contributed by atoms with Gasteiger partial charge < -0.3 is 0 Å². The van der Waals surface area contributed by atoms with Crippen molar-refractivity contribution in [2.24, 2.45) is 0 Å². The summed E-state index contributed by atoms with van der Waals surface area (Å²) in [4.78, 5) is 0. The lowest BCUT2D eigenvalue weighted by atomic mass is 10.2. The quantitative estimate of drug-likeness (QED) is 0.620. The van der Waals surface area contributed by atoms with E-state index in [2.05, 4.69) is 0 Å². The minimum atomic E-state index is -4.70. The molecule has 20 heavy (non-hydrogen) atoms. The van der Waals surface area contributed by atoms with Gasteiger partial charge in [-0.1, -0.05) is 11.6 Å². The number of sulfonamides is 1. The van der Waals surface area contributed by atoms with Crippen molar-refractivity contribution in [3.05, 3.63) is 28.8 Å². The number of unbranched alkanes of at least 4 members (excludes halogenated alkanes) is 1. The maximum Gasteiger partial charge on any atom is 0.418 e. The van der Waals surface area contributed by atoms with Crippen LogP contribution in [0.1, 0.15) is 18.4 Å². The fourth-order valence-electron chi connectivity index (χ4n) is 1.45. The van der Waals surface area contributed by atoms with Gasteiger partial charge in [-0.05, 0) is 31.0 Å². The fourth-order valence-corrected chi connectivity index (χ4v) is 3.01. The number of hydrogen-bond donors (Lipinski definition) is 1. The molecular formula is C11H12Cl2F3NO2S. The van der Waals surface area contributed by atoms with E-state index >= 15 is 0 Å². The summed E-state index contributed by atoms with van der Waals surface area (Å²) in [5.74, 6) is 0.00388. The topological polar surface area (TPSA) is 46.2 Å². The average molecular weight is 350 g/mol. The zero-order valence-electron chi connectivity index (χ0n) is 10.2. The van der Waals surface area contributed by atoms with Gasteiger partial charge in [0.25, 0.3) is 0 Å². The van der Waals surface area contributed by atoms with E-state index in [1.807, 2.05) is 4.72 Å². The van der Waals surface area contributed by atoms with E-state index in [-0.39, 0.29) is 17.2 Å². The normalized spacial score (nSPS) is 12.4. The van der Waals surface area contributed by atoms with Crippen LogP contribution >= 0.6 is 23.2 Å². The van der Waals surface area contributed by atoms with Crippen molar-refractivity contribution in [3.8, 4) is 0 Å². The molecule has 0 bridgehead atoms. The molecule has 0 amide bonds. The highest BCUT2D eigenvalue weighted by Crippen LogP contribution is 2.36. The maximum absolute atomic E-state index is 12.8. The van der Waals surface area contributed by atoms with Crippen molar-refractivity contribution in [2.75, 3.05) is 16.4 Å². The standard InChI is InChI=1S/C11H12Cl2F3NO2S/c12-5-1-2-6-20(18,19)17-10-4-3-8(13)7-9(10)11(14,15)16/h3-4,7,17H,1-2,5-6H2. The van der Waals surface area contributed by atoms with Gasteiger partial charge in [0.2, 0.25) is 10.0 Å². The van der Waals surface area contributed by atoms with Crippen LogP contribution in [-0.2, 0) is 16.2 Å². The molecule has 0 heterocycles. The third-order valence-corrected chi connectivity index (χ3v) is 4.21. The summed E-state index contributed by atoms with van der Waals surface area (Å²) in [6.45, 7) is 0. The van der Waals surface area contributed by atoms with Crippen LogP contribution in [0.2, 0.25) is 5.02 Å². The lowest BCUT2D eigenvalue weighted by molar-refractivity contribution is -0.136. The number of benzene rings is 1. The van der Waals surface area contributed by atoms with E-state index in [1.165, 1.54) is 6.07 Å². The van der Waals surface area contributed by atoms with Crippen LogP contribution < -0.4 is 4.72 Å². The molecule has 0 atom stereocenters. The first kappa shape index (κ1) is 17.4. The van der Waals surface area contributed by atoms with Crippen LogP contribution in [0.25, 0.3) is 0 Å². The largest absolute Gasteiger partial charge is 0.418 e. The van der Waals surface area contributed by atoms with Gasteiger partial charge in [-0.2, -0.15) is 13.2 Å². The number of rotatable bonds is 6. The molecule has 0 radical (unpaired) electrons. The van der Waals surface area contributed by atoms with Gasteiger partial charge in [-0.25, -0.2) is 8.42 Å². The molecule has 1 rings (SSSR count). The van der Waals surface area contributed by atoms with Crippen molar-refractivity contribution >= 4 is 38.9 Å². The lowest BCUT2D eigenvalue weighted by Gasteiger charge is -2.15. The predicted molar refractivity (Wildman–Crippen MR) is 73.8 cm³/mol. The molecular weight excluding hydrogens is 338 g/mol. The molecule has 1 aromatic rings. The minimum Gasteiger partial charge on any atom is -0.283 e. The van der Waals surface area contributed by atoms with Gasteiger partial charge >= 0.3 is 6.18 Å². The Bertz CT molecular complexity index is 561. The van der Waals surface area contributed by atoms with Crippen molar-refractivity contribution in [2.45, 2.75) is 19.0 Å². The first-order valence-electron chi connectivity index (χ1n) is 5.59. The van der Waals surface area contributed by atoms with Crippen molar-refractivity contribution in [1.82, 2.24) is 0 Å². The molecule has 0 fully saturated rings. The summed E-state index contributed by atoms with van der Waals surface area (Å²) in [5.41, 5.74) is -1.65. The molecule has 0 unspecified atom stereocenters. The molecule has 0 aliphatic rings. The maximum atomic E-state index is 12.8. The zero-order chi connectivity index (χ0) is 15.4. The Hall–Kier alpha value is -0.660. The predicted octanol–water partition coefficient (Wildman–Crippen LogP) is 4.12. The second-order valence-electron chi connectivity index (χ2n) is 4.00. The Balaban J connectivity index is 2.98. The second-order valence-corrected chi connectivity index (χ2v) is 6.66. The number of anilines is 1. The van der Waals surface area contributed by atoms with Gasteiger partial charge in [-0.15, -0.1) is 11.6 Å². The highest BCUT2D eigenvalue weighted by atomic mass is 35.5. The first-order valence-corrected chi connectivity index (χ1v) is 8.15.